The molecule has 2 aromatic carbocycles. The summed E-state index contributed by atoms with van der Waals surface area (Å²) >= 11 is 1.42. The van der Waals surface area contributed by atoms with Crippen LogP contribution in [0.15, 0.2) is 36.4 Å². The molecular weight excluding hydrogens is 441 g/mol. The maximum atomic E-state index is 13.5. The Morgan fingerprint density at radius 1 is 1.22 bits per heavy atom. The van der Waals surface area contributed by atoms with Crippen molar-refractivity contribution in [2.24, 2.45) is 0 Å². The topological polar surface area (TPSA) is 60.9 Å². The number of carboxylic acid groups (broad SMARTS) is 1. The number of alkyl halides is 2. The molecule has 32 heavy (non-hydrogen) atoms. The van der Waals surface area contributed by atoms with E-state index in [1.165, 1.54) is 30.0 Å². The Morgan fingerprint density at radius 2 is 1.94 bits per heavy atom. The van der Waals surface area contributed by atoms with E-state index in [4.69, 9.17) is 0 Å². The van der Waals surface area contributed by atoms with E-state index in [0.717, 1.165) is 5.56 Å². The molecule has 5 nitrogen and oxygen atoms in total. The molecule has 2 aromatic rings. The number of nitrogens with zero attached hydrogens (tertiary/aromatic N) is 2. The molecule has 2 aliphatic rings. The third-order valence-electron chi connectivity index (χ3n) is 6.01. The third kappa shape index (κ3) is 4.49. The van der Waals surface area contributed by atoms with Crippen LogP contribution < -0.4 is 4.90 Å². The number of rotatable bonds is 6. The highest BCUT2D eigenvalue weighted by Crippen LogP contribution is 2.43. The van der Waals surface area contributed by atoms with E-state index in [2.05, 4.69) is 0 Å². The highest BCUT2D eigenvalue weighted by atomic mass is 32.2. The predicted molar refractivity (Wildman–Crippen MR) is 117 cm³/mol. The Labute approximate surface area is 188 Å². The fourth-order valence-electron chi connectivity index (χ4n) is 4.35. The monoisotopic (exact) mass is 464 g/mol. The van der Waals surface area contributed by atoms with Crippen LogP contribution in [0.4, 0.5) is 18.9 Å². The summed E-state index contributed by atoms with van der Waals surface area (Å²) in [6.07, 6.45) is 0.0877. The lowest BCUT2D eigenvalue weighted by Gasteiger charge is -2.28. The van der Waals surface area contributed by atoms with Crippen LogP contribution in [0, 0.1) is 12.7 Å². The lowest BCUT2D eigenvalue weighted by molar-refractivity contribution is -0.115. The van der Waals surface area contributed by atoms with Gasteiger partial charge in [0.25, 0.3) is 5.92 Å². The fourth-order valence-corrected chi connectivity index (χ4v) is 5.52. The maximum absolute atomic E-state index is 13.5. The molecule has 170 valence electrons. The molecule has 9 heteroatoms. The number of carboxylic acids is 1. The van der Waals surface area contributed by atoms with Crippen molar-refractivity contribution in [3.63, 3.8) is 0 Å². The average Bonchev–Trinajstić information content (AvgIpc) is 3.29. The molecule has 2 aliphatic heterocycles. The van der Waals surface area contributed by atoms with Gasteiger partial charge in [-0.3, -0.25) is 14.6 Å². The van der Waals surface area contributed by atoms with Crippen LogP contribution in [0.1, 0.15) is 38.8 Å². The zero-order valence-corrected chi connectivity index (χ0v) is 18.3. The zero-order chi connectivity index (χ0) is 23.0. The number of carbonyl (C=O) groups is 2. The molecule has 0 saturated carbocycles. The van der Waals surface area contributed by atoms with E-state index in [1.807, 2.05) is 0 Å². The summed E-state index contributed by atoms with van der Waals surface area (Å²) < 4.78 is 40.5. The van der Waals surface area contributed by atoms with Crippen LogP contribution in [-0.4, -0.2) is 53.2 Å². The quantitative estimate of drug-likeness (QED) is 0.683. The van der Waals surface area contributed by atoms with Gasteiger partial charge in [-0.15, -0.1) is 11.8 Å². The SMILES string of the molecule is Cc1c(N2C(=O)CSC2c2ccc(F)cc2)ccc(C(=O)O)c1CCN1CCC(F)(F)C1. The van der Waals surface area contributed by atoms with Crippen molar-refractivity contribution in [3.8, 4) is 0 Å². The van der Waals surface area contributed by atoms with Gasteiger partial charge in [-0.2, -0.15) is 0 Å². The van der Waals surface area contributed by atoms with Gasteiger partial charge in [0.1, 0.15) is 11.2 Å². The number of likely N-dealkylation sites (tertiary alicyclic amines) is 1. The maximum Gasteiger partial charge on any atom is 0.335 e. The largest absolute Gasteiger partial charge is 0.478 e. The molecule has 2 heterocycles. The Bertz CT molecular complexity index is 1050. The molecule has 2 fully saturated rings. The van der Waals surface area contributed by atoms with E-state index in [9.17, 15) is 27.9 Å². The highest BCUT2D eigenvalue weighted by Gasteiger charge is 2.38. The molecule has 1 atom stereocenters. The van der Waals surface area contributed by atoms with Crippen molar-refractivity contribution in [1.82, 2.24) is 4.90 Å². The highest BCUT2D eigenvalue weighted by molar-refractivity contribution is 8.00. The summed E-state index contributed by atoms with van der Waals surface area (Å²) in [4.78, 5) is 27.9. The van der Waals surface area contributed by atoms with Crippen LogP contribution >= 0.6 is 11.8 Å². The molecule has 0 radical (unpaired) electrons. The number of hydrogen-bond acceptors (Lipinski definition) is 4. The predicted octanol–water partition coefficient (Wildman–Crippen LogP) is 4.49. The Morgan fingerprint density at radius 3 is 2.56 bits per heavy atom. The molecule has 0 aliphatic carbocycles. The van der Waals surface area contributed by atoms with E-state index < -0.39 is 11.9 Å². The summed E-state index contributed by atoms with van der Waals surface area (Å²) in [5, 5.41) is 9.32. The Kier molecular flexibility index (Phi) is 6.22. The molecule has 0 aromatic heterocycles. The van der Waals surface area contributed by atoms with Gasteiger partial charge in [-0.25, -0.2) is 18.0 Å². The van der Waals surface area contributed by atoms with Crippen molar-refractivity contribution >= 4 is 29.3 Å². The molecule has 0 bridgehead atoms. The number of aromatic carboxylic acids is 1. The minimum Gasteiger partial charge on any atom is -0.478 e. The average molecular weight is 465 g/mol. The smallest absolute Gasteiger partial charge is 0.335 e. The molecule has 1 N–H and O–H groups in total. The van der Waals surface area contributed by atoms with Gasteiger partial charge in [0.15, 0.2) is 0 Å². The van der Waals surface area contributed by atoms with Crippen LogP contribution in [0.2, 0.25) is 0 Å². The Hall–Kier alpha value is -2.52. The van der Waals surface area contributed by atoms with Gasteiger partial charge < -0.3 is 5.11 Å². The number of halogens is 3. The van der Waals surface area contributed by atoms with Gasteiger partial charge in [0.2, 0.25) is 5.91 Å². The number of thioether (sulfide) groups is 1. The number of benzene rings is 2. The molecule has 2 saturated heterocycles. The second kappa shape index (κ2) is 8.78. The second-order valence-electron chi connectivity index (χ2n) is 8.15. The fraction of sp³-hybridized carbons (Fsp3) is 0.391. The van der Waals surface area contributed by atoms with E-state index in [-0.39, 0.29) is 54.3 Å². The second-order valence-corrected chi connectivity index (χ2v) is 9.22. The first-order valence-electron chi connectivity index (χ1n) is 10.3. The number of hydrogen-bond donors (Lipinski definition) is 1. The van der Waals surface area contributed by atoms with Crippen molar-refractivity contribution in [2.45, 2.75) is 31.1 Å². The molecule has 1 amide bonds. The van der Waals surface area contributed by atoms with Gasteiger partial charge in [-0.05, 0) is 54.3 Å². The van der Waals surface area contributed by atoms with Crippen molar-refractivity contribution < 1.29 is 27.9 Å². The van der Waals surface area contributed by atoms with Gasteiger partial charge in [0.05, 0.1) is 17.9 Å². The first kappa shape index (κ1) is 22.7. The number of carbonyl (C=O) groups excluding carboxylic acids is 1. The van der Waals surface area contributed by atoms with E-state index in [1.54, 1.807) is 34.9 Å². The number of anilines is 1. The summed E-state index contributed by atoms with van der Waals surface area (Å²) in [6, 6.07) is 9.04. The molecular formula is C23H23F3N2O3S. The summed E-state index contributed by atoms with van der Waals surface area (Å²) in [5.41, 5.74) is 2.63. The standard InChI is InChI=1S/C23H23F3N2O3S/c1-14-17(8-10-27-11-9-23(25,26)13-27)18(22(30)31)6-7-19(14)28-20(29)12-32-21(28)15-2-4-16(24)5-3-15/h2-7,21H,8-13H2,1H3,(H,30,31). The van der Waals surface area contributed by atoms with Crippen LogP contribution in [0.5, 0.6) is 0 Å². The minimum atomic E-state index is -2.71. The summed E-state index contributed by atoms with van der Waals surface area (Å²) in [6.45, 7) is 2.00. The van der Waals surface area contributed by atoms with Crippen molar-refractivity contribution in [2.75, 3.05) is 30.3 Å². The third-order valence-corrected chi connectivity index (χ3v) is 7.22. The zero-order valence-electron chi connectivity index (χ0n) is 17.5. The van der Waals surface area contributed by atoms with Gasteiger partial charge in [0, 0.05) is 25.2 Å². The summed E-state index contributed by atoms with van der Waals surface area (Å²) in [7, 11) is 0. The summed E-state index contributed by atoms with van der Waals surface area (Å²) in [5.74, 6) is -4.06. The minimum absolute atomic E-state index is 0.106. The van der Waals surface area contributed by atoms with Crippen LogP contribution in [0.3, 0.4) is 0 Å². The van der Waals surface area contributed by atoms with E-state index >= 15 is 0 Å². The van der Waals surface area contributed by atoms with E-state index in [0.29, 0.717) is 23.4 Å². The van der Waals surface area contributed by atoms with Crippen LogP contribution in [-0.2, 0) is 11.2 Å². The van der Waals surface area contributed by atoms with Crippen molar-refractivity contribution in [3.05, 3.63) is 64.5 Å². The normalized spacial score (nSPS) is 20.8. The molecule has 0 spiro atoms. The van der Waals surface area contributed by atoms with Gasteiger partial charge in [-0.1, -0.05) is 12.1 Å². The van der Waals surface area contributed by atoms with Crippen molar-refractivity contribution in [1.29, 1.82) is 0 Å². The lowest BCUT2D eigenvalue weighted by atomic mass is 9.96. The van der Waals surface area contributed by atoms with Crippen LogP contribution in [0.25, 0.3) is 0 Å². The number of amides is 1. The first-order valence-corrected chi connectivity index (χ1v) is 11.4. The molecule has 1 unspecified atom stereocenters. The lowest BCUT2D eigenvalue weighted by Crippen LogP contribution is -2.30. The molecule has 4 rings (SSSR count). The first-order chi connectivity index (χ1) is 15.2. The Balaban J connectivity index is 1.66. The van der Waals surface area contributed by atoms with Gasteiger partial charge >= 0.3 is 5.97 Å².